The van der Waals surface area contributed by atoms with Gasteiger partial charge in [0.1, 0.15) is 0 Å². The van der Waals surface area contributed by atoms with Crippen LogP contribution in [-0.4, -0.2) is 23.2 Å². The van der Waals surface area contributed by atoms with Crippen molar-refractivity contribution in [1.82, 2.24) is 15.5 Å². The molecule has 0 amide bonds. The Balaban J connectivity index is 1.45. The van der Waals surface area contributed by atoms with Gasteiger partial charge in [0.15, 0.2) is 11.5 Å². The molecule has 2 heterocycles. The molecule has 1 aromatic heterocycles. The van der Waals surface area contributed by atoms with Crippen molar-refractivity contribution in [3.05, 3.63) is 59.8 Å². The van der Waals surface area contributed by atoms with E-state index in [1.807, 2.05) is 24.4 Å². The summed E-state index contributed by atoms with van der Waals surface area (Å²) in [5.41, 5.74) is 4.45. The van der Waals surface area contributed by atoms with E-state index in [4.69, 9.17) is 9.47 Å². The average Bonchev–Trinajstić information content (AvgIpc) is 3.30. The highest BCUT2D eigenvalue weighted by atomic mass is 32.2. The lowest BCUT2D eigenvalue weighted by Crippen LogP contribution is -2.12. The molecular weight excluding hydrogens is 334 g/mol. The largest absolute Gasteiger partial charge is 0.454 e. The summed E-state index contributed by atoms with van der Waals surface area (Å²) in [5, 5.41) is 10.8. The number of benzene rings is 2. The molecule has 0 saturated carbocycles. The van der Waals surface area contributed by atoms with Crippen LogP contribution in [0.15, 0.2) is 53.6 Å². The van der Waals surface area contributed by atoms with E-state index in [2.05, 4.69) is 46.0 Å². The van der Waals surface area contributed by atoms with Crippen molar-refractivity contribution in [3.63, 3.8) is 0 Å². The van der Waals surface area contributed by atoms with E-state index >= 15 is 0 Å². The van der Waals surface area contributed by atoms with Crippen LogP contribution in [0.2, 0.25) is 0 Å². The first-order valence-electron chi connectivity index (χ1n) is 8.09. The van der Waals surface area contributed by atoms with Crippen LogP contribution < -0.4 is 14.8 Å². The van der Waals surface area contributed by atoms with Gasteiger partial charge in [-0.25, -0.2) is 0 Å². The molecule has 3 aromatic rings. The lowest BCUT2D eigenvalue weighted by atomic mass is 10.1. The second kappa shape index (κ2) is 7.21. The predicted octanol–water partition coefficient (Wildman–Crippen LogP) is 3.82. The Labute approximate surface area is 150 Å². The molecule has 0 fully saturated rings. The smallest absolute Gasteiger partial charge is 0.231 e. The molecule has 0 aliphatic carbocycles. The molecule has 6 heteroatoms. The predicted molar refractivity (Wildman–Crippen MR) is 98.9 cm³/mol. The van der Waals surface area contributed by atoms with E-state index < -0.39 is 0 Å². The van der Waals surface area contributed by atoms with E-state index in [9.17, 15) is 0 Å². The summed E-state index contributed by atoms with van der Waals surface area (Å²) >= 11 is 1.76. The number of nitrogens with one attached hydrogen (secondary N) is 2. The monoisotopic (exact) mass is 353 g/mol. The fourth-order valence-electron chi connectivity index (χ4n) is 2.87. The van der Waals surface area contributed by atoms with Gasteiger partial charge in [0.05, 0.1) is 11.9 Å². The molecular formula is C19H19N3O2S. The number of aromatic amines is 1. The molecule has 25 heavy (non-hydrogen) atoms. The number of H-pyrrole nitrogens is 1. The maximum Gasteiger partial charge on any atom is 0.231 e. The Morgan fingerprint density at radius 1 is 1.12 bits per heavy atom. The summed E-state index contributed by atoms with van der Waals surface area (Å²) in [7, 11) is 0. The number of rotatable bonds is 6. The standard InChI is InChI=1S/C19H19N3O2S/c1-25-16-4-2-3-13(7-16)9-20-10-15-11-21-22-19(15)14-5-6-17-18(8-14)24-12-23-17/h2-8,11,20H,9-10,12H2,1H3,(H,21,22). The maximum absolute atomic E-state index is 5.46. The van der Waals surface area contributed by atoms with E-state index in [-0.39, 0.29) is 6.79 Å². The van der Waals surface area contributed by atoms with Crippen molar-refractivity contribution in [2.24, 2.45) is 0 Å². The lowest BCUT2D eigenvalue weighted by Gasteiger charge is -2.08. The molecule has 4 rings (SSSR count). The molecule has 0 spiro atoms. The first-order valence-corrected chi connectivity index (χ1v) is 9.32. The van der Waals surface area contributed by atoms with Gasteiger partial charge in [0.25, 0.3) is 0 Å². The Hall–Kier alpha value is -2.44. The van der Waals surface area contributed by atoms with Crippen molar-refractivity contribution in [2.75, 3.05) is 13.0 Å². The Morgan fingerprint density at radius 3 is 2.96 bits per heavy atom. The van der Waals surface area contributed by atoms with Crippen LogP contribution in [0.1, 0.15) is 11.1 Å². The third-order valence-electron chi connectivity index (χ3n) is 4.16. The molecule has 2 aromatic carbocycles. The molecule has 0 unspecified atom stereocenters. The molecule has 2 N–H and O–H groups in total. The van der Waals surface area contributed by atoms with Crippen LogP contribution in [0.3, 0.4) is 0 Å². The SMILES string of the molecule is CSc1cccc(CNCc2cn[nH]c2-c2ccc3c(c2)OCO3)c1. The zero-order valence-corrected chi connectivity index (χ0v) is 14.7. The van der Waals surface area contributed by atoms with Crippen molar-refractivity contribution in [3.8, 4) is 22.8 Å². The normalized spacial score (nSPS) is 12.5. The second-order valence-electron chi connectivity index (χ2n) is 5.79. The van der Waals surface area contributed by atoms with Crippen LogP contribution >= 0.6 is 11.8 Å². The van der Waals surface area contributed by atoms with Gasteiger partial charge in [0.2, 0.25) is 6.79 Å². The zero-order chi connectivity index (χ0) is 17.1. The van der Waals surface area contributed by atoms with Crippen LogP contribution in [-0.2, 0) is 13.1 Å². The third-order valence-corrected chi connectivity index (χ3v) is 4.88. The fraction of sp³-hybridized carbons (Fsp3) is 0.211. The Kier molecular flexibility index (Phi) is 4.63. The van der Waals surface area contributed by atoms with Crippen molar-refractivity contribution in [2.45, 2.75) is 18.0 Å². The van der Waals surface area contributed by atoms with E-state index in [0.29, 0.717) is 0 Å². The van der Waals surface area contributed by atoms with Crippen LogP contribution in [0.25, 0.3) is 11.3 Å². The van der Waals surface area contributed by atoms with Gasteiger partial charge < -0.3 is 14.8 Å². The molecule has 0 bridgehead atoms. The van der Waals surface area contributed by atoms with E-state index in [0.717, 1.165) is 41.4 Å². The summed E-state index contributed by atoms with van der Waals surface area (Å²) in [6.07, 6.45) is 3.96. The lowest BCUT2D eigenvalue weighted by molar-refractivity contribution is 0.174. The quantitative estimate of drug-likeness (QED) is 0.660. The van der Waals surface area contributed by atoms with Gasteiger partial charge in [0, 0.05) is 29.1 Å². The molecule has 5 nitrogen and oxygen atoms in total. The summed E-state index contributed by atoms with van der Waals surface area (Å²) < 4.78 is 10.8. The molecule has 0 atom stereocenters. The van der Waals surface area contributed by atoms with Crippen molar-refractivity contribution in [1.29, 1.82) is 0 Å². The Morgan fingerprint density at radius 2 is 2.04 bits per heavy atom. The summed E-state index contributed by atoms with van der Waals surface area (Å²) in [6.45, 7) is 1.84. The first kappa shape index (κ1) is 16.1. The molecule has 1 aliphatic rings. The Bertz CT molecular complexity index is 879. The van der Waals surface area contributed by atoms with Crippen molar-refractivity contribution >= 4 is 11.8 Å². The molecule has 1 aliphatic heterocycles. The van der Waals surface area contributed by atoms with Gasteiger partial charge >= 0.3 is 0 Å². The van der Waals surface area contributed by atoms with Crippen LogP contribution in [0.5, 0.6) is 11.5 Å². The highest BCUT2D eigenvalue weighted by Gasteiger charge is 2.16. The van der Waals surface area contributed by atoms with Gasteiger partial charge in [-0.05, 0) is 42.2 Å². The van der Waals surface area contributed by atoms with Crippen LogP contribution in [0, 0.1) is 0 Å². The third kappa shape index (κ3) is 3.50. The van der Waals surface area contributed by atoms with Gasteiger partial charge in [-0.1, -0.05) is 12.1 Å². The highest BCUT2D eigenvalue weighted by Crippen LogP contribution is 2.36. The maximum atomic E-state index is 5.46. The van der Waals surface area contributed by atoms with Gasteiger partial charge in [-0.3, -0.25) is 5.10 Å². The summed E-state index contributed by atoms with van der Waals surface area (Å²) in [5.74, 6) is 1.57. The molecule has 0 radical (unpaired) electrons. The van der Waals surface area contributed by atoms with Crippen molar-refractivity contribution < 1.29 is 9.47 Å². The molecule has 0 saturated heterocycles. The minimum atomic E-state index is 0.283. The van der Waals surface area contributed by atoms with E-state index in [1.54, 1.807) is 11.8 Å². The number of fused-ring (bicyclic) bond motifs is 1. The number of thioether (sulfide) groups is 1. The van der Waals surface area contributed by atoms with Gasteiger partial charge in [-0.15, -0.1) is 11.8 Å². The fourth-order valence-corrected chi connectivity index (χ4v) is 3.35. The topological polar surface area (TPSA) is 59.2 Å². The second-order valence-corrected chi connectivity index (χ2v) is 6.67. The number of nitrogens with zero attached hydrogens (tertiary/aromatic N) is 1. The number of hydrogen-bond donors (Lipinski definition) is 2. The first-order chi connectivity index (χ1) is 12.3. The molecule has 128 valence electrons. The van der Waals surface area contributed by atoms with Gasteiger partial charge in [-0.2, -0.15) is 5.10 Å². The minimum absolute atomic E-state index is 0.283. The number of hydrogen-bond acceptors (Lipinski definition) is 5. The zero-order valence-electron chi connectivity index (χ0n) is 13.9. The average molecular weight is 353 g/mol. The highest BCUT2D eigenvalue weighted by molar-refractivity contribution is 7.98. The summed E-state index contributed by atoms with van der Waals surface area (Å²) in [6, 6.07) is 14.5. The minimum Gasteiger partial charge on any atom is -0.454 e. The van der Waals surface area contributed by atoms with Crippen LogP contribution in [0.4, 0.5) is 0 Å². The van der Waals surface area contributed by atoms with E-state index in [1.165, 1.54) is 10.5 Å². The number of ether oxygens (including phenoxy) is 2. The number of aromatic nitrogens is 2. The summed E-state index contributed by atoms with van der Waals surface area (Å²) in [4.78, 5) is 1.28.